The number of thiophene rings is 1. The number of benzene rings is 1. The van der Waals surface area contributed by atoms with E-state index in [1.54, 1.807) is 18.0 Å². The number of hydrogen-bond acceptors (Lipinski definition) is 6. The summed E-state index contributed by atoms with van der Waals surface area (Å²) >= 11 is 7.51. The van der Waals surface area contributed by atoms with Crippen LogP contribution in [0.1, 0.15) is 51.3 Å². The first-order valence-electron chi connectivity index (χ1n) is 9.98. The summed E-state index contributed by atoms with van der Waals surface area (Å²) in [5.41, 5.74) is 1.40. The average molecular weight is 455 g/mol. The highest BCUT2D eigenvalue weighted by Gasteiger charge is 2.35. The Morgan fingerprint density at radius 1 is 1.35 bits per heavy atom. The standard InChI is InChI=1S/C22H19ClN4O3S/c1-12-17-19(28)25-11-26-21(17)31-18(12)22(29)27-8-4-7-16(27)20-24-10-14(30-20)9-13-5-2-3-6-15(13)23/h2-3,5-6,10-11,16H,4,7-9H2,1H3,(H,25,26,28). The van der Waals surface area contributed by atoms with E-state index in [1.165, 1.54) is 17.7 Å². The lowest BCUT2D eigenvalue weighted by molar-refractivity contribution is 0.0719. The number of carbonyl (C=O) groups excluding carboxylic acids is 1. The molecule has 0 saturated carbocycles. The van der Waals surface area contributed by atoms with Gasteiger partial charge in [0.2, 0.25) is 5.89 Å². The van der Waals surface area contributed by atoms with Crippen LogP contribution < -0.4 is 5.56 Å². The van der Waals surface area contributed by atoms with Crippen LogP contribution in [0.3, 0.4) is 0 Å². The summed E-state index contributed by atoms with van der Waals surface area (Å²) in [6.45, 7) is 2.41. The van der Waals surface area contributed by atoms with Crippen molar-refractivity contribution < 1.29 is 9.21 Å². The smallest absolute Gasteiger partial charge is 0.264 e. The third kappa shape index (κ3) is 3.55. The summed E-state index contributed by atoms with van der Waals surface area (Å²) in [6.07, 6.45) is 5.24. The number of halogens is 1. The number of fused-ring (bicyclic) bond motifs is 1. The van der Waals surface area contributed by atoms with E-state index in [1.807, 2.05) is 24.3 Å². The van der Waals surface area contributed by atoms with Gasteiger partial charge in [-0.25, -0.2) is 9.97 Å². The number of nitrogens with one attached hydrogen (secondary N) is 1. The lowest BCUT2D eigenvalue weighted by atomic mass is 10.1. The summed E-state index contributed by atoms with van der Waals surface area (Å²) in [7, 11) is 0. The van der Waals surface area contributed by atoms with Crippen LogP contribution in [0.15, 0.2) is 46.0 Å². The average Bonchev–Trinajstić information content (AvgIpc) is 3.48. The highest BCUT2D eigenvalue weighted by atomic mass is 35.5. The van der Waals surface area contributed by atoms with Crippen molar-refractivity contribution in [3.63, 3.8) is 0 Å². The number of aromatic amines is 1. The number of aryl methyl sites for hydroxylation is 1. The second-order valence-electron chi connectivity index (χ2n) is 7.56. The van der Waals surface area contributed by atoms with Crippen LogP contribution in [-0.2, 0) is 6.42 Å². The van der Waals surface area contributed by atoms with E-state index in [0.717, 1.165) is 18.4 Å². The zero-order valence-electron chi connectivity index (χ0n) is 16.7. The molecule has 1 amide bonds. The molecule has 1 fully saturated rings. The molecule has 4 aromatic rings. The van der Waals surface area contributed by atoms with Gasteiger partial charge in [-0.3, -0.25) is 9.59 Å². The van der Waals surface area contributed by atoms with Crippen LogP contribution in [0, 0.1) is 6.92 Å². The number of amides is 1. The molecule has 0 bridgehead atoms. The van der Waals surface area contributed by atoms with Crippen LogP contribution in [0.5, 0.6) is 0 Å². The second-order valence-corrected chi connectivity index (χ2v) is 8.96. The molecular formula is C22H19ClN4O3S. The van der Waals surface area contributed by atoms with E-state index >= 15 is 0 Å². The fraction of sp³-hybridized carbons (Fsp3) is 0.273. The summed E-state index contributed by atoms with van der Waals surface area (Å²) in [6, 6.07) is 7.39. The molecule has 1 saturated heterocycles. The van der Waals surface area contributed by atoms with Crippen molar-refractivity contribution >= 4 is 39.1 Å². The number of nitrogens with zero attached hydrogens (tertiary/aromatic N) is 3. The predicted octanol–water partition coefficient (Wildman–Crippen LogP) is 4.50. The van der Waals surface area contributed by atoms with E-state index in [4.69, 9.17) is 16.0 Å². The van der Waals surface area contributed by atoms with Gasteiger partial charge in [-0.2, -0.15) is 0 Å². The second kappa shape index (κ2) is 7.94. The lowest BCUT2D eigenvalue weighted by Crippen LogP contribution is -2.30. The summed E-state index contributed by atoms with van der Waals surface area (Å²) < 4.78 is 6.02. The summed E-state index contributed by atoms with van der Waals surface area (Å²) in [4.78, 5) is 39.7. The minimum Gasteiger partial charge on any atom is -0.443 e. The predicted molar refractivity (Wildman–Crippen MR) is 119 cm³/mol. The first-order chi connectivity index (χ1) is 15.0. The largest absolute Gasteiger partial charge is 0.443 e. The zero-order chi connectivity index (χ0) is 21.5. The van der Waals surface area contributed by atoms with Gasteiger partial charge in [0.1, 0.15) is 16.6 Å². The van der Waals surface area contributed by atoms with Crippen LogP contribution in [0.4, 0.5) is 0 Å². The maximum absolute atomic E-state index is 13.4. The molecule has 0 radical (unpaired) electrons. The highest BCUT2D eigenvalue weighted by molar-refractivity contribution is 7.20. The fourth-order valence-corrected chi connectivity index (χ4v) is 5.38. The van der Waals surface area contributed by atoms with Gasteiger partial charge in [0.05, 0.1) is 22.8 Å². The van der Waals surface area contributed by atoms with Gasteiger partial charge in [0.25, 0.3) is 11.5 Å². The third-order valence-corrected chi connectivity index (χ3v) is 7.18. The topological polar surface area (TPSA) is 92.1 Å². The summed E-state index contributed by atoms with van der Waals surface area (Å²) in [5, 5.41) is 1.16. The molecule has 3 aromatic heterocycles. The molecule has 1 aliphatic heterocycles. The number of aromatic nitrogens is 3. The molecule has 9 heteroatoms. The molecule has 0 spiro atoms. The molecule has 1 atom stereocenters. The Bertz CT molecular complexity index is 1340. The Labute approximate surface area is 186 Å². The zero-order valence-corrected chi connectivity index (χ0v) is 18.3. The Morgan fingerprint density at radius 3 is 3.00 bits per heavy atom. The molecular weight excluding hydrogens is 436 g/mol. The van der Waals surface area contributed by atoms with Crippen LogP contribution >= 0.6 is 22.9 Å². The van der Waals surface area contributed by atoms with Crippen molar-refractivity contribution in [1.29, 1.82) is 0 Å². The monoisotopic (exact) mass is 454 g/mol. The molecule has 1 aliphatic rings. The van der Waals surface area contributed by atoms with Crippen molar-refractivity contribution in [3.8, 4) is 0 Å². The Morgan fingerprint density at radius 2 is 2.19 bits per heavy atom. The number of hydrogen-bond donors (Lipinski definition) is 1. The normalized spacial score (nSPS) is 16.3. The van der Waals surface area contributed by atoms with Gasteiger partial charge in [0.15, 0.2) is 0 Å². The molecule has 0 aliphatic carbocycles. The maximum atomic E-state index is 13.4. The van der Waals surface area contributed by atoms with Crippen molar-refractivity contribution in [2.45, 2.75) is 32.2 Å². The number of carbonyl (C=O) groups is 1. The van der Waals surface area contributed by atoms with E-state index in [0.29, 0.717) is 50.3 Å². The lowest BCUT2D eigenvalue weighted by Gasteiger charge is -2.22. The minimum atomic E-state index is -0.233. The Hall–Kier alpha value is -2.97. The summed E-state index contributed by atoms with van der Waals surface area (Å²) in [5.74, 6) is 1.12. The number of H-pyrrole nitrogens is 1. The molecule has 31 heavy (non-hydrogen) atoms. The maximum Gasteiger partial charge on any atom is 0.264 e. The molecule has 1 N–H and O–H groups in total. The van der Waals surface area contributed by atoms with Crippen molar-refractivity contribution in [2.75, 3.05) is 6.54 Å². The third-order valence-electron chi connectivity index (χ3n) is 5.62. The molecule has 158 valence electrons. The number of likely N-dealkylation sites (tertiary alicyclic amines) is 1. The van der Waals surface area contributed by atoms with Crippen molar-refractivity contribution in [1.82, 2.24) is 19.9 Å². The molecule has 1 aromatic carbocycles. The Kier molecular flexibility index (Phi) is 5.11. The molecule has 5 rings (SSSR count). The van der Waals surface area contributed by atoms with Gasteiger partial charge < -0.3 is 14.3 Å². The number of rotatable bonds is 4. The van der Waals surface area contributed by atoms with Gasteiger partial charge in [-0.15, -0.1) is 11.3 Å². The van der Waals surface area contributed by atoms with Crippen molar-refractivity contribution in [3.05, 3.63) is 79.8 Å². The van der Waals surface area contributed by atoms with Gasteiger partial charge in [0, 0.05) is 18.0 Å². The van der Waals surface area contributed by atoms with Crippen molar-refractivity contribution in [2.24, 2.45) is 0 Å². The SMILES string of the molecule is Cc1c(C(=O)N2CCCC2c2ncc(Cc3ccccc3Cl)o2)sc2nc[nH]c(=O)c12. The van der Waals surface area contributed by atoms with Gasteiger partial charge in [-0.1, -0.05) is 29.8 Å². The van der Waals surface area contributed by atoms with Gasteiger partial charge >= 0.3 is 0 Å². The Balaban J connectivity index is 1.42. The fourth-order valence-electron chi connectivity index (χ4n) is 4.07. The number of oxazole rings is 1. The van der Waals surface area contributed by atoms with Crippen LogP contribution in [-0.4, -0.2) is 32.3 Å². The first kappa shape index (κ1) is 20.0. The molecule has 1 unspecified atom stereocenters. The van der Waals surface area contributed by atoms with Gasteiger partial charge in [-0.05, 0) is 37.0 Å². The first-order valence-corrected chi connectivity index (χ1v) is 11.2. The minimum absolute atomic E-state index is 0.117. The van der Waals surface area contributed by atoms with Crippen LogP contribution in [0.25, 0.3) is 10.2 Å². The highest BCUT2D eigenvalue weighted by Crippen LogP contribution is 2.36. The quantitative estimate of drug-likeness (QED) is 0.490. The van der Waals surface area contributed by atoms with E-state index in [-0.39, 0.29) is 17.5 Å². The molecule has 7 nitrogen and oxygen atoms in total. The van der Waals surface area contributed by atoms with Crippen LogP contribution in [0.2, 0.25) is 5.02 Å². The molecule has 4 heterocycles. The van der Waals surface area contributed by atoms with E-state index in [9.17, 15) is 9.59 Å². The van der Waals surface area contributed by atoms with E-state index < -0.39 is 0 Å². The van der Waals surface area contributed by atoms with E-state index in [2.05, 4.69) is 15.0 Å².